The topological polar surface area (TPSA) is 58.6 Å². The second-order valence-corrected chi connectivity index (χ2v) is 8.98. The minimum absolute atomic E-state index is 0.120. The molecule has 0 radical (unpaired) electrons. The van der Waals surface area contributed by atoms with Crippen LogP contribution in [0, 0.1) is 0 Å². The molecule has 0 saturated heterocycles. The number of anilines is 1. The van der Waals surface area contributed by atoms with Gasteiger partial charge in [0.1, 0.15) is 17.2 Å². The summed E-state index contributed by atoms with van der Waals surface area (Å²) in [5, 5.41) is 12.9. The van der Waals surface area contributed by atoms with Crippen LogP contribution in [0.3, 0.4) is 0 Å². The van der Waals surface area contributed by atoms with Gasteiger partial charge in [-0.3, -0.25) is 4.79 Å². The van der Waals surface area contributed by atoms with Gasteiger partial charge >= 0.3 is 0 Å². The summed E-state index contributed by atoms with van der Waals surface area (Å²) >= 11 is 13.4. The minimum atomic E-state index is -0.428. The van der Waals surface area contributed by atoms with Gasteiger partial charge in [0.25, 0.3) is 5.91 Å². The first-order chi connectivity index (χ1) is 12.8. The minimum Gasteiger partial charge on any atom is -0.506 e. The van der Waals surface area contributed by atoms with Gasteiger partial charge in [-0.1, -0.05) is 31.9 Å². The monoisotopic (exact) mass is 617 g/mol. The van der Waals surface area contributed by atoms with Crippen molar-refractivity contribution < 1.29 is 14.6 Å². The molecule has 0 heterocycles. The summed E-state index contributed by atoms with van der Waals surface area (Å²) in [4.78, 5) is 12.5. The Hall–Kier alpha value is -1.35. The van der Waals surface area contributed by atoms with Crippen molar-refractivity contribution in [2.24, 2.45) is 0 Å². The van der Waals surface area contributed by atoms with E-state index in [1.54, 1.807) is 30.3 Å². The fourth-order valence-electron chi connectivity index (χ4n) is 2.23. The molecule has 0 saturated carbocycles. The van der Waals surface area contributed by atoms with Crippen LogP contribution >= 0.6 is 63.7 Å². The molecule has 8 heteroatoms. The van der Waals surface area contributed by atoms with E-state index in [9.17, 15) is 9.90 Å². The smallest absolute Gasteiger partial charge is 0.259 e. The van der Waals surface area contributed by atoms with Gasteiger partial charge in [-0.25, -0.2) is 0 Å². The molecule has 2 N–H and O–H groups in total. The van der Waals surface area contributed by atoms with Crippen molar-refractivity contribution >= 4 is 75.3 Å². The van der Waals surface area contributed by atoms with E-state index in [1.807, 2.05) is 24.3 Å². The van der Waals surface area contributed by atoms with Gasteiger partial charge in [-0.2, -0.15) is 0 Å². The molecule has 0 aromatic heterocycles. The Labute approximate surface area is 189 Å². The molecular formula is C19H11Br4NO3. The predicted molar refractivity (Wildman–Crippen MR) is 120 cm³/mol. The number of phenolic OH excluding ortho intramolecular Hbond substituents is 1. The maximum atomic E-state index is 12.5. The van der Waals surface area contributed by atoms with Crippen molar-refractivity contribution in [3.05, 3.63) is 78.1 Å². The standard InChI is InChI=1S/C19H11Br4NO3/c20-10-1-4-13(5-2-10)27-17-6-3-12(9-15(17)22)24-19(26)14-7-11(21)8-16(23)18(14)25/h1-9,25H,(H,24,26). The molecule has 27 heavy (non-hydrogen) atoms. The van der Waals surface area contributed by atoms with Gasteiger partial charge in [-0.15, -0.1) is 0 Å². The van der Waals surface area contributed by atoms with Crippen molar-refractivity contribution in [1.82, 2.24) is 0 Å². The summed E-state index contributed by atoms with van der Waals surface area (Å²) in [6, 6.07) is 15.9. The molecule has 3 rings (SSSR count). The van der Waals surface area contributed by atoms with Crippen LogP contribution in [0.25, 0.3) is 0 Å². The second-order valence-electron chi connectivity index (χ2n) is 5.44. The molecule has 0 aliphatic heterocycles. The van der Waals surface area contributed by atoms with Crippen LogP contribution in [0.4, 0.5) is 5.69 Å². The van der Waals surface area contributed by atoms with Crippen LogP contribution < -0.4 is 10.1 Å². The van der Waals surface area contributed by atoms with E-state index in [4.69, 9.17) is 4.74 Å². The summed E-state index contributed by atoms with van der Waals surface area (Å²) < 4.78 is 8.59. The first kappa shape index (κ1) is 20.4. The molecule has 0 spiro atoms. The van der Waals surface area contributed by atoms with E-state index in [0.717, 1.165) is 4.47 Å². The van der Waals surface area contributed by atoms with Gasteiger partial charge in [0.15, 0.2) is 0 Å². The van der Waals surface area contributed by atoms with E-state index in [2.05, 4.69) is 69.0 Å². The van der Waals surface area contributed by atoms with Crippen LogP contribution in [-0.4, -0.2) is 11.0 Å². The number of halogens is 4. The average molecular weight is 621 g/mol. The number of carbonyl (C=O) groups is 1. The first-order valence-electron chi connectivity index (χ1n) is 7.56. The number of hydrogen-bond acceptors (Lipinski definition) is 3. The fraction of sp³-hybridized carbons (Fsp3) is 0. The van der Waals surface area contributed by atoms with Gasteiger partial charge < -0.3 is 15.2 Å². The van der Waals surface area contributed by atoms with E-state index in [-0.39, 0.29) is 11.3 Å². The van der Waals surface area contributed by atoms with Gasteiger partial charge in [0, 0.05) is 14.6 Å². The SMILES string of the molecule is O=C(Nc1ccc(Oc2ccc(Br)cc2)c(Br)c1)c1cc(Br)cc(Br)c1O. The molecule has 0 aliphatic carbocycles. The Morgan fingerprint density at radius 1 is 0.852 bits per heavy atom. The fourth-order valence-corrected chi connectivity index (χ4v) is 4.18. The van der Waals surface area contributed by atoms with E-state index >= 15 is 0 Å². The van der Waals surface area contributed by atoms with Gasteiger partial charge in [-0.05, 0) is 86.5 Å². The molecular weight excluding hydrogens is 610 g/mol. The zero-order valence-corrected chi connectivity index (χ0v) is 19.8. The Balaban J connectivity index is 1.78. The van der Waals surface area contributed by atoms with Crippen molar-refractivity contribution in [2.75, 3.05) is 5.32 Å². The maximum Gasteiger partial charge on any atom is 0.259 e. The summed E-state index contributed by atoms with van der Waals surface area (Å²) in [6.45, 7) is 0. The van der Waals surface area contributed by atoms with Gasteiger partial charge in [0.05, 0.1) is 14.5 Å². The largest absolute Gasteiger partial charge is 0.506 e. The van der Waals surface area contributed by atoms with E-state index in [1.165, 1.54) is 0 Å². The maximum absolute atomic E-state index is 12.5. The van der Waals surface area contributed by atoms with Crippen LogP contribution in [0.5, 0.6) is 17.2 Å². The molecule has 0 atom stereocenters. The highest BCUT2D eigenvalue weighted by atomic mass is 79.9. The molecule has 138 valence electrons. The molecule has 3 aromatic carbocycles. The van der Waals surface area contributed by atoms with Crippen LogP contribution in [0.2, 0.25) is 0 Å². The first-order valence-corrected chi connectivity index (χ1v) is 10.7. The second kappa shape index (κ2) is 8.77. The number of carbonyl (C=O) groups excluding carboxylic acids is 1. The number of hydrogen-bond donors (Lipinski definition) is 2. The van der Waals surface area contributed by atoms with Crippen molar-refractivity contribution in [3.8, 4) is 17.2 Å². The number of phenols is 1. The third-order valence-corrected chi connectivity index (χ3v) is 5.71. The Kier molecular flexibility index (Phi) is 6.62. The summed E-state index contributed by atoms with van der Waals surface area (Å²) in [6.07, 6.45) is 0. The third-order valence-electron chi connectivity index (χ3n) is 3.50. The van der Waals surface area contributed by atoms with E-state index < -0.39 is 5.91 Å². The zero-order valence-electron chi connectivity index (χ0n) is 13.5. The zero-order chi connectivity index (χ0) is 19.6. The van der Waals surface area contributed by atoms with E-state index in [0.29, 0.717) is 30.6 Å². The van der Waals surface area contributed by atoms with Crippen LogP contribution in [0.1, 0.15) is 10.4 Å². The summed E-state index contributed by atoms with van der Waals surface area (Å²) in [7, 11) is 0. The number of aromatic hydroxyl groups is 1. The number of rotatable bonds is 4. The molecule has 0 aliphatic rings. The molecule has 0 fully saturated rings. The molecule has 1 amide bonds. The normalized spacial score (nSPS) is 10.5. The highest BCUT2D eigenvalue weighted by Gasteiger charge is 2.16. The number of benzene rings is 3. The lowest BCUT2D eigenvalue weighted by Crippen LogP contribution is -2.12. The quantitative estimate of drug-likeness (QED) is 0.318. The Morgan fingerprint density at radius 2 is 1.56 bits per heavy atom. The van der Waals surface area contributed by atoms with Crippen LogP contribution in [0.15, 0.2) is 72.5 Å². The number of amides is 1. The van der Waals surface area contributed by atoms with Crippen LogP contribution in [-0.2, 0) is 0 Å². The lowest BCUT2D eigenvalue weighted by molar-refractivity contribution is 0.102. The average Bonchev–Trinajstić information content (AvgIpc) is 2.62. The van der Waals surface area contributed by atoms with Crippen molar-refractivity contribution in [1.29, 1.82) is 0 Å². The molecule has 0 bridgehead atoms. The predicted octanol–water partition coefficient (Wildman–Crippen LogP) is 7.49. The molecule has 4 nitrogen and oxygen atoms in total. The lowest BCUT2D eigenvalue weighted by Gasteiger charge is -2.12. The highest BCUT2D eigenvalue weighted by molar-refractivity contribution is 9.11. The third kappa shape index (κ3) is 5.13. The van der Waals surface area contributed by atoms with Gasteiger partial charge in [0.2, 0.25) is 0 Å². The Bertz CT molecular complexity index is 1010. The molecule has 0 unspecified atom stereocenters. The molecule has 3 aromatic rings. The number of nitrogens with one attached hydrogen (secondary N) is 1. The number of ether oxygens (including phenoxy) is 1. The van der Waals surface area contributed by atoms with Crippen molar-refractivity contribution in [3.63, 3.8) is 0 Å². The summed E-state index contributed by atoms with van der Waals surface area (Å²) in [5.74, 6) is 0.760. The lowest BCUT2D eigenvalue weighted by atomic mass is 10.2. The van der Waals surface area contributed by atoms with Crippen molar-refractivity contribution in [2.45, 2.75) is 0 Å². The Morgan fingerprint density at radius 3 is 2.22 bits per heavy atom. The highest BCUT2D eigenvalue weighted by Crippen LogP contribution is 2.34. The summed E-state index contributed by atoms with van der Waals surface area (Å²) in [5.41, 5.74) is 0.716.